The van der Waals surface area contributed by atoms with E-state index in [0.29, 0.717) is 14.5 Å². The Kier molecular flexibility index (Phi) is 4.75. The van der Waals surface area contributed by atoms with Crippen molar-refractivity contribution >= 4 is 25.3 Å². The molecule has 8 heteroatoms. The van der Waals surface area contributed by atoms with Crippen LogP contribution in [0.2, 0.25) is 0 Å². The summed E-state index contributed by atoms with van der Waals surface area (Å²) < 4.78 is 1.87. The van der Waals surface area contributed by atoms with Crippen molar-refractivity contribution < 1.29 is 4.79 Å². The highest BCUT2D eigenvalue weighted by Gasteiger charge is 2.33. The van der Waals surface area contributed by atoms with E-state index in [2.05, 4.69) is 41.0 Å². The normalized spacial score (nSPS) is 22.6. The maximum atomic E-state index is 12.9. The van der Waals surface area contributed by atoms with Crippen LogP contribution in [0.1, 0.15) is 17.1 Å². The van der Waals surface area contributed by atoms with E-state index in [1.54, 1.807) is 6.08 Å². The molecule has 2 unspecified atom stereocenters. The molecule has 2 atom stereocenters. The summed E-state index contributed by atoms with van der Waals surface area (Å²) in [5, 5.41) is 5.73. The van der Waals surface area contributed by atoms with E-state index < -0.39 is 0 Å². The van der Waals surface area contributed by atoms with Gasteiger partial charge in [0, 0.05) is 43.1 Å². The Morgan fingerprint density at radius 1 is 1.27 bits per heavy atom. The van der Waals surface area contributed by atoms with Crippen LogP contribution in [0, 0.1) is 19.8 Å². The lowest BCUT2D eigenvalue weighted by atomic mass is 9.98. The van der Waals surface area contributed by atoms with E-state index in [9.17, 15) is 4.79 Å². The van der Waals surface area contributed by atoms with Crippen LogP contribution in [-0.4, -0.2) is 74.7 Å². The fourth-order valence-corrected chi connectivity index (χ4v) is 5.76. The van der Waals surface area contributed by atoms with E-state index in [-0.39, 0.29) is 11.7 Å². The number of rotatable bonds is 4. The van der Waals surface area contributed by atoms with Crippen LogP contribution < -0.4 is 0 Å². The van der Waals surface area contributed by atoms with Crippen molar-refractivity contribution in [1.29, 1.82) is 0 Å². The van der Waals surface area contributed by atoms with Gasteiger partial charge in [-0.2, -0.15) is 5.10 Å². The number of aromatic nitrogens is 3. The average molecular weight is 422 g/mol. The summed E-state index contributed by atoms with van der Waals surface area (Å²) >= 11 is 0. The highest BCUT2D eigenvalue weighted by atomic mass is 31.1. The molecule has 2 aromatic rings. The van der Waals surface area contributed by atoms with E-state index in [1.165, 1.54) is 0 Å². The molecule has 0 saturated carbocycles. The lowest BCUT2D eigenvalue weighted by Gasteiger charge is -2.45. The molecule has 0 bridgehead atoms. The molecule has 0 radical (unpaired) electrons. The number of amides is 1. The third-order valence-corrected chi connectivity index (χ3v) is 7.31. The van der Waals surface area contributed by atoms with Gasteiger partial charge < -0.3 is 14.7 Å². The quantitative estimate of drug-likeness (QED) is 0.709. The van der Waals surface area contributed by atoms with Gasteiger partial charge in [0.05, 0.1) is 40.3 Å². The van der Waals surface area contributed by atoms with Crippen molar-refractivity contribution in [2.75, 3.05) is 33.7 Å². The first-order chi connectivity index (χ1) is 14.4. The standard InChI is InChI=1S/C22H27N6OP/c1-14-9-28-19(15(2)23-14)7-18(24-28)20-8-21(29)27-13-17(5-6-22(27)30-20)26-11-16(12-26)10-25(3)4/h5-9,13,16,22,30H,10-12H2,1-4H3. The zero-order chi connectivity index (χ0) is 21.0. The molecule has 1 saturated heterocycles. The van der Waals surface area contributed by atoms with Crippen molar-refractivity contribution in [2.24, 2.45) is 5.92 Å². The summed E-state index contributed by atoms with van der Waals surface area (Å²) in [6.45, 7) is 7.18. The molecule has 7 nitrogen and oxygen atoms in total. The molecule has 30 heavy (non-hydrogen) atoms. The van der Waals surface area contributed by atoms with Gasteiger partial charge in [0.15, 0.2) is 0 Å². The molecule has 0 N–H and O–H groups in total. The first kappa shape index (κ1) is 19.5. The van der Waals surface area contributed by atoms with Gasteiger partial charge >= 0.3 is 0 Å². The predicted molar refractivity (Wildman–Crippen MR) is 120 cm³/mol. The van der Waals surface area contributed by atoms with Crippen LogP contribution >= 0.6 is 8.58 Å². The molecule has 1 fully saturated rings. The number of hydrogen-bond acceptors (Lipinski definition) is 5. The van der Waals surface area contributed by atoms with Crippen LogP contribution in [0.5, 0.6) is 0 Å². The first-order valence-corrected chi connectivity index (χ1v) is 11.4. The molecule has 0 aromatic carbocycles. The second-order valence-corrected chi connectivity index (χ2v) is 10.1. The zero-order valence-corrected chi connectivity index (χ0v) is 18.8. The summed E-state index contributed by atoms with van der Waals surface area (Å²) in [6.07, 6.45) is 10.1. The number of hydrogen-bond donors (Lipinski definition) is 0. The lowest BCUT2D eigenvalue weighted by Crippen LogP contribution is -2.50. The van der Waals surface area contributed by atoms with Crippen molar-refractivity contribution in [3.8, 4) is 0 Å². The molecular formula is C22H27N6OP. The number of fused-ring (bicyclic) bond motifs is 2. The molecular weight excluding hydrogens is 395 g/mol. The molecule has 5 heterocycles. The topological polar surface area (TPSA) is 57.0 Å². The van der Waals surface area contributed by atoms with E-state index in [1.807, 2.05) is 41.7 Å². The largest absolute Gasteiger partial charge is 0.370 e. The maximum absolute atomic E-state index is 12.9. The van der Waals surface area contributed by atoms with Crippen LogP contribution in [0.3, 0.4) is 0 Å². The van der Waals surface area contributed by atoms with Crippen molar-refractivity contribution in [1.82, 2.24) is 29.3 Å². The van der Waals surface area contributed by atoms with Crippen LogP contribution in [-0.2, 0) is 4.79 Å². The fraction of sp³-hybridized carbons (Fsp3) is 0.409. The molecule has 156 valence electrons. The average Bonchev–Trinajstić information content (AvgIpc) is 3.08. The number of carbonyl (C=O) groups is 1. The smallest absolute Gasteiger partial charge is 0.252 e. The highest BCUT2D eigenvalue weighted by Crippen LogP contribution is 2.44. The molecule has 1 amide bonds. The Balaban J connectivity index is 1.35. The van der Waals surface area contributed by atoms with E-state index in [0.717, 1.165) is 53.2 Å². The highest BCUT2D eigenvalue weighted by molar-refractivity contribution is 7.51. The SMILES string of the molecule is Cc1cn2nc(C3=CC(=O)N4C=C(N5CC(CN(C)C)C5)C=CC4P3)cc2c(C)n1. The van der Waals surface area contributed by atoms with E-state index in [4.69, 9.17) is 5.10 Å². The number of allylic oxidation sites excluding steroid dienone is 1. The number of carbonyl (C=O) groups excluding carboxylic acids is 1. The third-order valence-electron chi connectivity index (χ3n) is 5.83. The minimum atomic E-state index is 0.0315. The van der Waals surface area contributed by atoms with Crippen molar-refractivity contribution in [3.05, 3.63) is 59.5 Å². The zero-order valence-electron chi connectivity index (χ0n) is 17.8. The summed E-state index contributed by atoms with van der Waals surface area (Å²) in [7, 11) is 4.71. The van der Waals surface area contributed by atoms with Gasteiger partial charge in [-0.05, 0) is 40.1 Å². The van der Waals surface area contributed by atoms with Crippen LogP contribution in [0.4, 0.5) is 0 Å². The second-order valence-electron chi connectivity index (χ2n) is 8.67. The Morgan fingerprint density at radius 3 is 2.83 bits per heavy atom. The van der Waals surface area contributed by atoms with Gasteiger partial charge in [-0.25, -0.2) is 4.52 Å². The van der Waals surface area contributed by atoms with Gasteiger partial charge in [-0.1, -0.05) is 14.7 Å². The Hall–Kier alpha value is -2.50. The Morgan fingerprint density at radius 2 is 2.07 bits per heavy atom. The predicted octanol–water partition coefficient (Wildman–Crippen LogP) is 2.44. The first-order valence-electron chi connectivity index (χ1n) is 10.3. The summed E-state index contributed by atoms with van der Waals surface area (Å²) in [5.74, 6) is 0.809. The molecule has 3 aliphatic heterocycles. The maximum Gasteiger partial charge on any atom is 0.252 e. The summed E-state index contributed by atoms with van der Waals surface area (Å²) in [5.41, 5.74) is 4.88. The summed E-state index contributed by atoms with van der Waals surface area (Å²) in [6, 6.07) is 2.04. The second kappa shape index (κ2) is 7.33. The monoisotopic (exact) mass is 422 g/mol. The fourth-order valence-electron chi connectivity index (χ4n) is 4.44. The molecule has 5 rings (SSSR count). The van der Waals surface area contributed by atoms with Gasteiger partial charge in [0.2, 0.25) is 0 Å². The Labute approximate surface area is 178 Å². The lowest BCUT2D eigenvalue weighted by molar-refractivity contribution is -0.123. The van der Waals surface area contributed by atoms with Gasteiger partial charge in [-0.3, -0.25) is 9.78 Å². The minimum Gasteiger partial charge on any atom is -0.370 e. The molecule has 0 aliphatic carbocycles. The van der Waals surface area contributed by atoms with Crippen molar-refractivity contribution in [3.63, 3.8) is 0 Å². The number of nitrogens with zero attached hydrogens (tertiary/aromatic N) is 6. The van der Waals surface area contributed by atoms with Crippen LogP contribution in [0.25, 0.3) is 10.8 Å². The Bertz CT molecular complexity index is 1110. The number of aryl methyl sites for hydroxylation is 2. The molecule has 2 aromatic heterocycles. The molecule has 3 aliphatic rings. The minimum absolute atomic E-state index is 0.0315. The van der Waals surface area contributed by atoms with Crippen molar-refractivity contribution in [2.45, 2.75) is 19.6 Å². The van der Waals surface area contributed by atoms with Crippen LogP contribution in [0.15, 0.2) is 42.4 Å². The molecule has 0 spiro atoms. The third kappa shape index (κ3) is 3.46. The number of likely N-dealkylation sites (tertiary alicyclic amines) is 1. The van der Waals surface area contributed by atoms with E-state index >= 15 is 0 Å². The van der Waals surface area contributed by atoms with Gasteiger partial charge in [-0.15, -0.1) is 0 Å². The van der Waals surface area contributed by atoms with Gasteiger partial charge in [0.1, 0.15) is 0 Å². The van der Waals surface area contributed by atoms with Gasteiger partial charge in [0.25, 0.3) is 5.91 Å². The summed E-state index contributed by atoms with van der Waals surface area (Å²) in [4.78, 5) is 23.9.